The van der Waals surface area contributed by atoms with E-state index >= 15 is 0 Å². The Morgan fingerprint density at radius 1 is 1.22 bits per heavy atom. The molecule has 1 atom stereocenters. The molecule has 0 bridgehead atoms. The Morgan fingerprint density at radius 3 is 2.66 bits per heavy atom. The van der Waals surface area contributed by atoms with E-state index in [0.29, 0.717) is 12.2 Å². The molecule has 11 heteroatoms. The van der Waals surface area contributed by atoms with Crippen molar-refractivity contribution in [3.05, 3.63) is 47.3 Å². The summed E-state index contributed by atoms with van der Waals surface area (Å²) in [7, 11) is 0. The zero-order valence-electron chi connectivity index (χ0n) is 18.0. The number of anilines is 1. The number of carbonyl (C=O) groups is 1. The van der Waals surface area contributed by atoms with Crippen LogP contribution in [0.2, 0.25) is 0 Å². The van der Waals surface area contributed by atoms with Gasteiger partial charge in [-0.25, -0.2) is 10.1 Å². The number of hydrazone groups is 1. The van der Waals surface area contributed by atoms with Crippen LogP contribution in [-0.4, -0.2) is 55.4 Å². The van der Waals surface area contributed by atoms with Crippen LogP contribution in [0.15, 0.2) is 40.1 Å². The van der Waals surface area contributed by atoms with Crippen LogP contribution in [0.3, 0.4) is 0 Å². The van der Waals surface area contributed by atoms with E-state index in [1.165, 1.54) is 17.5 Å². The maximum Gasteiger partial charge on any atom is 0.293 e. The molecular weight excluding hydrogens is 410 g/mol. The number of nitrogen functional groups attached to an aromatic ring is 1. The number of likely N-dealkylation sites (tertiary alicyclic amines) is 1. The summed E-state index contributed by atoms with van der Waals surface area (Å²) in [6, 6.07) is 9.92. The summed E-state index contributed by atoms with van der Waals surface area (Å²) in [5.41, 5.74) is 10.3. The standard InChI is InChI=1S/C21H27N9O2/c1-15(16-9-5-4-6-10-16)13-23-25-21(31)18-17(14-29-11-7-2-3-8-12-29)30(28-24-18)20-19(22)26-32-27-20/h4-6,9-10,13,15H,2-3,7-8,11-12,14H2,1H3,(H2,22,26)(H,25,31)/b23-13+. The second-order valence-corrected chi connectivity index (χ2v) is 7.88. The van der Waals surface area contributed by atoms with Gasteiger partial charge < -0.3 is 5.73 Å². The van der Waals surface area contributed by atoms with Crippen LogP contribution in [0.1, 0.15) is 60.3 Å². The largest absolute Gasteiger partial charge is 0.378 e. The molecule has 1 saturated heterocycles. The number of hydrogen-bond acceptors (Lipinski definition) is 9. The van der Waals surface area contributed by atoms with Gasteiger partial charge in [0.25, 0.3) is 5.91 Å². The fourth-order valence-corrected chi connectivity index (χ4v) is 3.74. The lowest BCUT2D eigenvalue weighted by Gasteiger charge is -2.20. The highest BCUT2D eigenvalue weighted by atomic mass is 16.6. The van der Waals surface area contributed by atoms with Gasteiger partial charge in [-0.05, 0) is 41.8 Å². The first kappa shape index (κ1) is 21.6. The Hall–Kier alpha value is -3.60. The molecule has 3 heterocycles. The second-order valence-electron chi connectivity index (χ2n) is 7.88. The average molecular weight is 438 g/mol. The molecule has 3 aromatic rings. The molecule has 4 rings (SSSR count). The topological polar surface area (TPSA) is 140 Å². The first-order chi connectivity index (χ1) is 15.6. The number of nitrogens with one attached hydrogen (secondary N) is 1. The summed E-state index contributed by atoms with van der Waals surface area (Å²) >= 11 is 0. The molecule has 3 N–H and O–H groups in total. The Kier molecular flexibility index (Phi) is 6.85. The maximum absolute atomic E-state index is 12.9. The molecule has 1 aliphatic rings. The zero-order chi connectivity index (χ0) is 22.3. The SMILES string of the molecule is CC(/C=N/NC(=O)c1nnn(-c2nonc2N)c1CN1CCCCCC1)c1ccccc1. The maximum atomic E-state index is 12.9. The quantitative estimate of drug-likeness (QED) is 0.423. The first-order valence-corrected chi connectivity index (χ1v) is 10.8. The summed E-state index contributed by atoms with van der Waals surface area (Å²) < 4.78 is 6.14. The summed E-state index contributed by atoms with van der Waals surface area (Å²) in [5, 5.41) is 19.8. The predicted octanol–water partition coefficient (Wildman–Crippen LogP) is 2.13. The minimum atomic E-state index is -0.451. The van der Waals surface area contributed by atoms with E-state index in [1.807, 2.05) is 37.3 Å². The molecule has 11 nitrogen and oxygen atoms in total. The Balaban J connectivity index is 1.54. The highest BCUT2D eigenvalue weighted by Gasteiger charge is 2.25. The van der Waals surface area contributed by atoms with Crippen molar-refractivity contribution in [3.63, 3.8) is 0 Å². The molecule has 168 valence electrons. The minimum absolute atomic E-state index is 0.0461. The van der Waals surface area contributed by atoms with Crippen molar-refractivity contribution in [2.75, 3.05) is 18.8 Å². The van der Waals surface area contributed by atoms with Gasteiger partial charge in [0, 0.05) is 18.7 Å². The third-order valence-electron chi connectivity index (χ3n) is 5.54. The van der Waals surface area contributed by atoms with Gasteiger partial charge in [0.2, 0.25) is 11.6 Å². The Bertz CT molecular complexity index is 1050. The van der Waals surface area contributed by atoms with Crippen molar-refractivity contribution in [2.24, 2.45) is 5.10 Å². The summed E-state index contributed by atoms with van der Waals surface area (Å²) in [4.78, 5) is 15.2. The van der Waals surface area contributed by atoms with Crippen molar-refractivity contribution >= 4 is 17.9 Å². The lowest BCUT2D eigenvalue weighted by atomic mass is 10.0. The molecule has 2 aromatic heterocycles. The predicted molar refractivity (Wildman–Crippen MR) is 118 cm³/mol. The average Bonchev–Trinajstić information content (AvgIpc) is 3.31. The second kappa shape index (κ2) is 10.1. The molecule has 1 aromatic carbocycles. The summed E-state index contributed by atoms with van der Waals surface area (Å²) in [6.45, 7) is 4.36. The molecule has 1 aliphatic heterocycles. The van der Waals surface area contributed by atoms with Crippen LogP contribution >= 0.6 is 0 Å². The Labute approximate surface area is 185 Å². The molecule has 0 aliphatic carbocycles. The van der Waals surface area contributed by atoms with Crippen molar-refractivity contribution in [1.82, 2.24) is 35.6 Å². The van der Waals surface area contributed by atoms with Gasteiger partial charge in [0.05, 0.1) is 5.69 Å². The van der Waals surface area contributed by atoms with Gasteiger partial charge in [0.1, 0.15) is 0 Å². The van der Waals surface area contributed by atoms with E-state index in [1.54, 1.807) is 6.21 Å². The third-order valence-corrected chi connectivity index (χ3v) is 5.54. The summed E-state index contributed by atoms with van der Waals surface area (Å²) in [6.07, 6.45) is 6.31. The molecular formula is C21H27N9O2. The molecule has 1 unspecified atom stereocenters. The van der Waals surface area contributed by atoms with Gasteiger partial charge in [-0.1, -0.05) is 55.3 Å². The third kappa shape index (κ3) is 4.99. The zero-order valence-corrected chi connectivity index (χ0v) is 18.0. The normalized spacial score (nSPS) is 16.2. The highest BCUT2D eigenvalue weighted by Crippen LogP contribution is 2.20. The molecule has 32 heavy (non-hydrogen) atoms. The molecule has 0 radical (unpaired) electrons. The minimum Gasteiger partial charge on any atom is -0.378 e. The molecule has 0 saturated carbocycles. The number of hydrogen-bond donors (Lipinski definition) is 2. The van der Waals surface area contributed by atoms with Crippen LogP contribution < -0.4 is 11.2 Å². The van der Waals surface area contributed by atoms with E-state index in [9.17, 15) is 4.79 Å². The van der Waals surface area contributed by atoms with Crippen LogP contribution in [0, 0.1) is 0 Å². The number of nitrogens with two attached hydrogens (primary N) is 1. The van der Waals surface area contributed by atoms with Gasteiger partial charge in [0.15, 0.2) is 5.69 Å². The lowest BCUT2D eigenvalue weighted by molar-refractivity contribution is 0.0947. The van der Waals surface area contributed by atoms with E-state index in [0.717, 1.165) is 31.5 Å². The number of carbonyl (C=O) groups excluding carboxylic acids is 1. The monoisotopic (exact) mass is 437 g/mol. The number of rotatable bonds is 7. The smallest absolute Gasteiger partial charge is 0.293 e. The van der Waals surface area contributed by atoms with E-state index < -0.39 is 5.91 Å². The first-order valence-electron chi connectivity index (χ1n) is 10.8. The van der Waals surface area contributed by atoms with Gasteiger partial charge in [-0.2, -0.15) is 9.78 Å². The van der Waals surface area contributed by atoms with Crippen molar-refractivity contribution in [1.29, 1.82) is 0 Å². The van der Waals surface area contributed by atoms with Crippen LogP contribution in [0.4, 0.5) is 5.82 Å². The van der Waals surface area contributed by atoms with Crippen LogP contribution in [0.5, 0.6) is 0 Å². The Morgan fingerprint density at radius 2 is 1.97 bits per heavy atom. The highest BCUT2D eigenvalue weighted by molar-refractivity contribution is 5.93. The van der Waals surface area contributed by atoms with E-state index in [4.69, 9.17) is 10.4 Å². The number of amides is 1. The van der Waals surface area contributed by atoms with Crippen molar-refractivity contribution < 1.29 is 9.42 Å². The number of nitrogens with zero attached hydrogens (tertiary/aromatic N) is 7. The van der Waals surface area contributed by atoms with Gasteiger partial charge >= 0.3 is 0 Å². The van der Waals surface area contributed by atoms with E-state index in [2.05, 4.69) is 36.1 Å². The van der Waals surface area contributed by atoms with Crippen molar-refractivity contribution in [2.45, 2.75) is 45.1 Å². The number of aromatic nitrogens is 5. The fraction of sp³-hybridized carbons (Fsp3) is 0.429. The van der Waals surface area contributed by atoms with E-state index in [-0.39, 0.29) is 23.2 Å². The lowest BCUT2D eigenvalue weighted by Crippen LogP contribution is -2.28. The number of benzene rings is 1. The fourth-order valence-electron chi connectivity index (χ4n) is 3.74. The van der Waals surface area contributed by atoms with Crippen molar-refractivity contribution in [3.8, 4) is 5.82 Å². The molecule has 1 amide bonds. The summed E-state index contributed by atoms with van der Waals surface area (Å²) in [5.74, 6) is -0.117. The van der Waals surface area contributed by atoms with Crippen LogP contribution in [0.25, 0.3) is 5.82 Å². The molecule has 0 spiro atoms. The molecule has 1 fully saturated rings. The van der Waals surface area contributed by atoms with Gasteiger partial charge in [-0.3, -0.25) is 9.69 Å². The van der Waals surface area contributed by atoms with Crippen LogP contribution in [-0.2, 0) is 6.54 Å². The van der Waals surface area contributed by atoms with Gasteiger partial charge in [-0.15, -0.1) is 5.10 Å².